The van der Waals surface area contributed by atoms with E-state index in [0.717, 1.165) is 10.6 Å². The largest absolute Gasteiger partial charge is 1.00 e. The van der Waals surface area contributed by atoms with Gasteiger partial charge in [-0.05, 0) is 0 Å². The third-order valence-corrected chi connectivity index (χ3v) is 2.56. The van der Waals surface area contributed by atoms with Crippen molar-refractivity contribution in [3.05, 3.63) is 90.2 Å². The van der Waals surface area contributed by atoms with Gasteiger partial charge in [0.2, 0.25) is 0 Å². The zero-order valence-electron chi connectivity index (χ0n) is 11.8. The van der Waals surface area contributed by atoms with Gasteiger partial charge >= 0.3 is 0 Å². The molecule has 3 aromatic rings. The van der Waals surface area contributed by atoms with Crippen molar-refractivity contribution in [2.75, 3.05) is 7.05 Å². The third kappa shape index (κ3) is 11.7. The van der Waals surface area contributed by atoms with Crippen LogP contribution in [0.3, 0.4) is 0 Å². The maximum absolute atomic E-state index is 4.96. The van der Waals surface area contributed by atoms with Gasteiger partial charge in [-0.2, -0.15) is 47.0 Å². The second-order valence-electron chi connectivity index (χ2n) is 3.62. The van der Waals surface area contributed by atoms with E-state index in [1.807, 2.05) is 84.9 Å². The molecule has 0 N–H and O–H groups in total. The zero-order chi connectivity index (χ0) is 13.8. The van der Waals surface area contributed by atoms with Crippen molar-refractivity contribution >= 4 is 18.3 Å². The fraction of sp³-hybridized carbons (Fsp3) is 0.0588. The summed E-state index contributed by atoms with van der Waals surface area (Å²) in [5.41, 5.74) is 0.896. The maximum atomic E-state index is 4.96. The van der Waals surface area contributed by atoms with E-state index in [1.165, 1.54) is 0 Å². The molecule has 0 saturated heterocycles. The second kappa shape index (κ2) is 15.8. The van der Waals surface area contributed by atoms with Crippen LogP contribution in [-0.2, 0) is 34.3 Å². The predicted octanol–water partition coefficient (Wildman–Crippen LogP) is 2.04. The van der Waals surface area contributed by atoms with Gasteiger partial charge in [0.05, 0.1) is 0 Å². The van der Waals surface area contributed by atoms with Gasteiger partial charge < -0.3 is 41.9 Å². The topological polar surface area (TPSA) is 14.1 Å². The summed E-state index contributed by atoms with van der Waals surface area (Å²) in [7, 11) is 1.74. The zero-order valence-corrected chi connectivity index (χ0v) is 16.4. The van der Waals surface area contributed by atoms with Crippen LogP contribution in [0.1, 0.15) is 0 Å². The molecule has 4 heteroatoms. The molecule has 0 aliphatic carbocycles. The standard InChI is InChI=1S/C7H8NS.2C5H5.HI.Ti/c1-8-6-4-2-3-5-7(6)9;2*1-2-4-5-3-1;;/h2-5,9H,1H3;2*1-5H;1H;/q3*-1;;/p-2. The van der Waals surface area contributed by atoms with E-state index in [1.54, 1.807) is 7.05 Å². The molecule has 0 saturated carbocycles. The molecule has 0 radical (unpaired) electrons. The van der Waals surface area contributed by atoms with Crippen LogP contribution in [0.25, 0.3) is 5.32 Å². The van der Waals surface area contributed by atoms with Crippen LogP contribution in [0.15, 0.2) is 89.8 Å². The minimum Gasteiger partial charge on any atom is -1.00 e. The van der Waals surface area contributed by atoms with Crippen molar-refractivity contribution < 1.29 is 45.7 Å². The first-order valence-corrected chi connectivity index (χ1v) is 6.44. The van der Waals surface area contributed by atoms with Gasteiger partial charge in [0.15, 0.2) is 0 Å². The van der Waals surface area contributed by atoms with Crippen LogP contribution in [0, 0.1) is 0 Å². The van der Waals surface area contributed by atoms with Gasteiger partial charge in [0, 0.05) is 21.7 Å². The Labute approximate surface area is 165 Å². The Morgan fingerprint density at radius 1 is 0.810 bits per heavy atom. The van der Waals surface area contributed by atoms with E-state index in [9.17, 15) is 0 Å². The summed E-state index contributed by atoms with van der Waals surface area (Å²) in [6.07, 6.45) is 0. The van der Waals surface area contributed by atoms with Crippen LogP contribution in [-0.4, -0.2) is 7.05 Å². The number of para-hydroxylation sites is 1. The Morgan fingerprint density at radius 2 is 1.24 bits per heavy atom. The summed E-state index contributed by atoms with van der Waals surface area (Å²) in [5.74, 6) is 0. The smallest absolute Gasteiger partial charge is 0 e. The van der Waals surface area contributed by atoms with E-state index in [2.05, 4.69) is 5.32 Å². The Hall–Kier alpha value is -0.616. The van der Waals surface area contributed by atoms with Crippen LogP contribution < -0.4 is 24.0 Å². The van der Waals surface area contributed by atoms with E-state index in [-0.39, 0.29) is 45.7 Å². The molecule has 3 aromatic carbocycles. The molecule has 0 aliphatic rings. The average Bonchev–Trinajstić information content (AvgIpc) is 3.17. The molecule has 0 heterocycles. The van der Waals surface area contributed by atoms with Gasteiger partial charge in [-0.3, -0.25) is 0 Å². The molecule has 0 aromatic heterocycles. The summed E-state index contributed by atoms with van der Waals surface area (Å²) in [6.45, 7) is 0. The SMILES string of the molecule is C[N-]c1ccccc1[S-].[I-].[Ti].c1cc[cH-]c1.c1cc[cH-]c1. The van der Waals surface area contributed by atoms with Gasteiger partial charge in [0.25, 0.3) is 0 Å². The molecule has 0 bridgehead atoms. The first kappa shape index (κ1) is 22.7. The van der Waals surface area contributed by atoms with Crippen molar-refractivity contribution in [2.24, 2.45) is 0 Å². The summed E-state index contributed by atoms with van der Waals surface area (Å²) < 4.78 is 0. The molecule has 0 aliphatic heterocycles. The number of hydrogen-bond acceptors (Lipinski definition) is 1. The molecule has 0 unspecified atom stereocenters. The van der Waals surface area contributed by atoms with Gasteiger partial charge in [-0.15, -0.1) is 7.05 Å². The minimum atomic E-state index is 0. The first-order valence-electron chi connectivity index (χ1n) is 6.04. The van der Waals surface area contributed by atoms with E-state index in [4.69, 9.17) is 12.6 Å². The van der Waals surface area contributed by atoms with E-state index in [0.29, 0.717) is 0 Å². The molecular weight excluding hydrogens is 425 g/mol. The Bertz CT molecular complexity index is 449. The quantitative estimate of drug-likeness (QED) is 0.244. The van der Waals surface area contributed by atoms with E-state index >= 15 is 0 Å². The van der Waals surface area contributed by atoms with Crippen molar-refractivity contribution in [1.82, 2.24) is 0 Å². The van der Waals surface area contributed by atoms with Crippen molar-refractivity contribution in [3.8, 4) is 0 Å². The second-order valence-corrected chi connectivity index (χ2v) is 4.06. The molecule has 21 heavy (non-hydrogen) atoms. The normalized spacial score (nSPS) is 7.67. The van der Waals surface area contributed by atoms with Crippen molar-refractivity contribution in [1.29, 1.82) is 0 Å². The number of halogens is 1. The number of rotatable bonds is 1. The number of benzene rings is 1. The Morgan fingerprint density at radius 3 is 1.48 bits per heavy atom. The fourth-order valence-electron chi connectivity index (χ4n) is 1.28. The maximum Gasteiger partial charge on any atom is 0 e. The number of nitrogens with zero attached hydrogens (tertiary/aromatic N) is 1. The molecule has 1 nitrogen and oxygen atoms in total. The minimum absolute atomic E-state index is 0. The predicted molar refractivity (Wildman–Crippen MR) is 85.1 cm³/mol. The molecule has 0 fully saturated rings. The summed E-state index contributed by atoms with van der Waals surface area (Å²) >= 11 is 4.96. The van der Waals surface area contributed by atoms with Crippen molar-refractivity contribution in [2.45, 2.75) is 4.90 Å². The third-order valence-electron chi connectivity index (χ3n) is 2.22. The fourth-order valence-corrected chi connectivity index (χ4v) is 1.52. The molecule has 0 amide bonds. The summed E-state index contributed by atoms with van der Waals surface area (Å²) in [5, 5.41) is 3.97. The van der Waals surface area contributed by atoms with Gasteiger partial charge in [0.1, 0.15) is 0 Å². The number of hydrogen-bond donors (Lipinski definition) is 0. The monoisotopic (exact) mass is 442 g/mol. The Balaban J connectivity index is 0. The van der Waals surface area contributed by atoms with Crippen LogP contribution in [0.4, 0.5) is 5.69 Å². The van der Waals surface area contributed by atoms with Crippen molar-refractivity contribution in [3.63, 3.8) is 0 Å². The molecule has 0 spiro atoms. The molecule has 112 valence electrons. The average molecular weight is 442 g/mol. The van der Waals surface area contributed by atoms with Gasteiger partial charge in [-0.1, -0.05) is 24.3 Å². The van der Waals surface area contributed by atoms with Crippen LogP contribution in [0.5, 0.6) is 0 Å². The van der Waals surface area contributed by atoms with Crippen LogP contribution >= 0.6 is 0 Å². The molecule has 3 rings (SSSR count). The molecule has 0 atom stereocenters. The Kier molecular flexibility index (Phi) is 17.0. The van der Waals surface area contributed by atoms with Crippen LogP contribution in [0.2, 0.25) is 0 Å². The summed E-state index contributed by atoms with van der Waals surface area (Å²) in [6, 6.07) is 27.6. The summed E-state index contributed by atoms with van der Waals surface area (Å²) in [4.78, 5) is 0.819. The van der Waals surface area contributed by atoms with E-state index < -0.39 is 0 Å². The molecular formula is C17H17INSTi-5. The van der Waals surface area contributed by atoms with Gasteiger partial charge in [-0.25, -0.2) is 24.3 Å². The first-order chi connectivity index (χ1) is 9.34.